The number of rotatable bonds is 6. The third kappa shape index (κ3) is 3.63. The van der Waals surface area contributed by atoms with Crippen molar-refractivity contribution in [2.75, 3.05) is 20.2 Å². The first kappa shape index (κ1) is 17.0. The summed E-state index contributed by atoms with van der Waals surface area (Å²) in [6.45, 7) is 7.16. The van der Waals surface area contributed by atoms with Crippen molar-refractivity contribution in [3.8, 4) is 11.4 Å². The fourth-order valence-corrected chi connectivity index (χ4v) is 3.27. The Hall–Kier alpha value is -1.83. The number of aromatic nitrogens is 4. The van der Waals surface area contributed by atoms with Gasteiger partial charge in [-0.1, -0.05) is 6.08 Å². The van der Waals surface area contributed by atoms with E-state index >= 15 is 0 Å². The van der Waals surface area contributed by atoms with Gasteiger partial charge in [0, 0.05) is 44.7 Å². The van der Waals surface area contributed by atoms with Crippen molar-refractivity contribution in [3.63, 3.8) is 0 Å². The Morgan fingerprint density at radius 1 is 1.42 bits per heavy atom. The van der Waals surface area contributed by atoms with Gasteiger partial charge in [0.1, 0.15) is 0 Å². The predicted octanol–water partition coefficient (Wildman–Crippen LogP) is 2.73. The molecule has 2 aromatic rings. The van der Waals surface area contributed by atoms with Gasteiger partial charge in [-0.15, -0.1) is 6.58 Å². The molecule has 0 spiro atoms. The smallest absolute Gasteiger partial charge is 0.199 e. The van der Waals surface area contributed by atoms with Gasteiger partial charge in [-0.25, -0.2) is 4.68 Å². The summed E-state index contributed by atoms with van der Waals surface area (Å²) in [5, 5.41) is 4.75. The number of nitrogens with zero attached hydrogens (tertiary/aromatic N) is 5. The van der Waals surface area contributed by atoms with Gasteiger partial charge in [0.2, 0.25) is 0 Å². The summed E-state index contributed by atoms with van der Waals surface area (Å²) in [5.74, 6) is 0.833. The van der Waals surface area contributed by atoms with Gasteiger partial charge in [-0.3, -0.25) is 14.5 Å². The topological polar surface area (TPSA) is 48.1 Å². The van der Waals surface area contributed by atoms with Crippen LogP contribution < -0.4 is 0 Å². The van der Waals surface area contributed by atoms with Crippen LogP contribution in [0.25, 0.3) is 11.4 Å². The van der Waals surface area contributed by atoms with Crippen LogP contribution in [0, 0.1) is 4.77 Å². The van der Waals surface area contributed by atoms with Crippen LogP contribution in [0.4, 0.5) is 0 Å². The molecule has 0 atom stereocenters. The zero-order chi connectivity index (χ0) is 16.9. The Morgan fingerprint density at radius 2 is 2.21 bits per heavy atom. The summed E-state index contributed by atoms with van der Waals surface area (Å²) in [6.07, 6.45) is 7.88. The molecule has 0 unspecified atom stereocenters. The maximum atomic E-state index is 5.64. The molecule has 0 bridgehead atoms. The van der Waals surface area contributed by atoms with Crippen molar-refractivity contribution in [3.05, 3.63) is 42.0 Å². The number of methoxy groups -OCH3 is 1. The first-order chi connectivity index (χ1) is 11.7. The molecule has 1 aliphatic rings. The molecule has 1 aliphatic heterocycles. The summed E-state index contributed by atoms with van der Waals surface area (Å²) in [5.41, 5.74) is 0.960. The molecule has 24 heavy (non-hydrogen) atoms. The number of hydrogen-bond acceptors (Lipinski definition) is 5. The van der Waals surface area contributed by atoms with E-state index in [1.807, 2.05) is 33.7 Å². The highest BCUT2D eigenvalue weighted by Gasteiger charge is 2.20. The lowest BCUT2D eigenvalue weighted by Gasteiger charge is -2.30. The summed E-state index contributed by atoms with van der Waals surface area (Å²) in [6, 6.07) is 3.91. The molecule has 7 heteroatoms. The van der Waals surface area contributed by atoms with E-state index in [0.29, 0.717) is 24.1 Å². The van der Waals surface area contributed by atoms with Crippen LogP contribution in [-0.4, -0.2) is 50.5 Å². The zero-order valence-electron chi connectivity index (χ0n) is 14.0. The molecule has 6 nitrogen and oxygen atoms in total. The Labute approximate surface area is 147 Å². The molecule has 0 aliphatic carbocycles. The minimum atomic E-state index is 0.374. The van der Waals surface area contributed by atoms with Crippen molar-refractivity contribution in [2.24, 2.45) is 0 Å². The van der Waals surface area contributed by atoms with Crippen molar-refractivity contribution < 1.29 is 4.74 Å². The second-order valence-corrected chi connectivity index (χ2v) is 6.31. The molecule has 0 saturated carbocycles. The van der Waals surface area contributed by atoms with Crippen molar-refractivity contribution in [1.82, 2.24) is 24.2 Å². The van der Waals surface area contributed by atoms with Crippen LogP contribution in [-0.2, 0) is 18.0 Å². The molecule has 0 aromatic carbocycles. The van der Waals surface area contributed by atoms with Gasteiger partial charge < -0.3 is 4.74 Å². The van der Waals surface area contributed by atoms with Gasteiger partial charge in [-0.05, 0) is 37.2 Å². The molecule has 128 valence electrons. The minimum Gasteiger partial charge on any atom is -0.381 e. The summed E-state index contributed by atoms with van der Waals surface area (Å²) >= 11 is 5.64. The minimum absolute atomic E-state index is 0.374. The lowest BCUT2D eigenvalue weighted by atomic mass is 10.1. The number of hydrogen-bond donors (Lipinski definition) is 0. The van der Waals surface area contributed by atoms with E-state index in [9.17, 15) is 0 Å². The molecule has 3 heterocycles. The van der Waals surface area contributed by atoms with E-state index in [4.69, 9.17) is 22.1 Å². The zero-order valence-corrected chi connectivity index (χ0v) is 14.8. The normalized spacial score (nSPS) is 16.4. The van der Waals surface area contributed by atoms with Crippen LogP contribution in [0.15, 0.2) is 37.2 Å². The Kier molecular flexibility index (Phi) is 5.55. The van der Waals surface area contributed by atoms with E-state index in [1.165, 1.54) is 0 Å². The van der Waals surface area contributed by atoms with Crippen LogP contribution in [0.2, 0.25) is 0 Å². The SMILES string of the molecule is C=CCn1c(-c2cccnc2)nn(CN2CCC(OC)CC2)c1=S. The van der Waals surface area contributed by atoms with E-state index in [2.05, 4.69) is 16.5 Å². The lowest BCUT2D eigenvalue weighted by Crippen LogP contribution is -2.38. The van der Waals surface area contributed by atoms with Crippen LogP contribution in [0.5, 0.6) is 0 Å². The highest BCUT2D eigenvalue weighted by molar-refractivity contribution is 7.71. The maximum Gasteiger partial charge on any atom is 0.199 e. The summed E-state index contributed by atoms with van der Waals surface area (Å²) < 4.78 is 10.0. The molecule has 1 fully saturated rings. The number of ether oxygens (including phenoxy) is 1. The predicted molar refractivity (Wildman–Crippen MR) is 96.1 cm³/mol. The average Bonchev–Trinajstić information content (AvgIpc) is 2.93. The van der Waals surface area contributed by atoms with Crippen LogP contribution in [0.3, 0.4) is 0 Å². The molecule has 1 saturated heterocycles. The fourth-order valence-electron chi connectivity index (χ4n) is 3.01. The summed E-state index contributed by atoms with van der Waals surface area (Å²) in [7, 11) is 1.79. The average molecular weight is 345 g/mol. The van der Waals surface area contributed by atoms with E-state index < -0.39 is 0 Å². The molecule has 0 radical (unpaired) electrons. The van der Waals surface area contributed by atoms with E-state index in [-0.39, 0.29) is 0 Å². The largest absolute Gasteiger partial charge is 0.381 e. The standard InChI is InChI=1S/C17H23N5OS/c1-3-9-21-16(14-5-4-8-18-12-14)19-22(17(21)24)13-20-10-6-15(23-2)7-11-20/h3-5,8,12,15H,1,6-7,9-11,13H2,2H3. The Balaban J connectivity index is 1.84. The highest BCUT2D eigenvalue weighted by atomic mass is 32.1. The number of likely N-dealkylation sites (tertiary alicyclic amines) is 1. The van der Waals surface area contributed by atoms with Gasteiger partial charge in [0.15, 0.2) is 10.6 Å². The molecule has 3 rings (SSSR count). The molecular weight excluding hydrogens is 322 g/mol. The number of piperidine rings is 1. The fraction of sp³-hybridized carbons (Fsp3) is 0.471. The Bertz CT molecular complexity index is 731. The van der Waals surface area contributed by atoms with Gasteiger partial charge in [0.05, 0.1) is 12.8 Å². The van der Waals surface area contributed by atoms with Crippen molar-refractivity contribution >= 4 is 12.2 Å². The second-order valence-electron chi connectivity index (χ2n) is 5.94. The van der Waals surface area contributed by atoms with Crippen LogP contribution >= 0.6 is 12.2 Å². The molecule has 2 aromatic heterocycles. The first-order valence-electron chi connectivity index (χ1n) is 8.17. The van der Waals surface area contributed by atoms with Gasteiger partial charge in [-0.2, -0.15) is 5.10 Å². The molecule has 0 amide bonds. The molecular formula is C17H23N5OS. The second kappa shape index (κ2) is 7.83. The first-order valence-corrected chi connectivity index (χ1v) is 8.58. The monoisotopic (exact) mass is 345 g/mol. The molecule has 0 N–H and O–H groups in total. The van der Waals surface area contributed by atoms with Gasteiger partial charge in [0.25, 0.3) is 0 Å². The Morgan fingerprint density at radius 3 is 2.83 bits per heavy atom. The van der Waals surface area contributed by atoms with Crippen molar-refractivity contribution in [2.45, 2.75) is 32.2 Å². The van der Waals surface area contributed by atoms with Crippen molar-refractivity contribution in [1.29, 1.82) is 0 Å². The van der Waals surface area contributed by atoms with E-state index in [1.54, 1.807) is 13.3 Å². The summed E-state index contributed by atoms with van der Waals surface area (Å²) in [4.78, 5) is 6.55. The number of allylic oxidation sites excluding steroid dienone is 1. The highest BCUT2D eigenvalue weighted by Crippen LogP contribution is 2.19. The van der Waals surface area contributed by atoms with Gasteiger partial charge >= 0.3 is 0 Å². The third-order valence-electron chi connectivity index (χ3n) is 4.36. The quantitative estimate of drug-likeness (QED) is 0.595. The lowest BCUT2D eigenvalue weighted by molar-refractivity contribution is 0.0301. The van der Waals surface area contributed by atoms with Crippen LogP contribution in [0.1, 0.15) is 12.8 Å². The third-order valence-corrected chi connectivity index (χ3v) is 4.79. The maximum absolute atomic E-state index is 5.64. The number of pyridine rings is 1. The van der Waals surface area contributed by atoms with E-state index in [0.717, 1.165) is 37.3 Å².